The number of carbonyl (C=O) groups is 1. The third-order valence-electron chi connectivity index (χ3n) is 3.45. The van der Waals surface area contributed by atoms with Crippen LogP contribution in [0.15, 0.2) is 6.33 Å². The molecule has 6 nitrogen and oxygen atoms in total. The molecule has 20 heavy (non-hydrogen) atoms. The fraction of sp³-hybridized carbons (Fsp3) is 0.714. The fourth-order valence-corrected chi connectivity index (χ4v) is 2.38. The molecule has 0 saturated carbocycles. The second kappa shape index (κ2) is 7.63. The fourth-order valence-electron chi connectivity index (χ4n) is 2.38. The van der Waals surface area contributed by atoms with Crippen molar-refractivity contribution in [1.82, 2.24) is 20.1 Å². The smallest absolute Gasteiger partial charge is 0.240 e. The van der Waals surface area contributed by atoms with Gasteiger partial charge < -0.3 is 9.88 Å². The maximum absolute atomic E-state index is 12.4. The molecule has 0 fully saturated rings. The maximum atomic E-state index is 12.4. The minimum atomic E-state index is -0.916. The molecule has 0 aliphatic carbocycles. The van der Waals surface area contributed by atoms with Crippen molar-refractivity contribution in [3.05, 3.63) is 12.2 Å². The zero-order valence-corrected chi connectivity index (χ0v) is 12.5. The van der Waals surface area contributed by atoms with Crippen LogP contribution in [0, 0.1) is 16.7 Å². The zero-order chi connectivity index (χ0) is 15.0. The number of aryl methyl sites for hydroxylation is 1. The van der Waals surface area contributed by atoms with Gasteiger partial charge in [-0.15, -0.1) is 10.2 Å². The highest BCUT2D eigenvalue weighted by Crippen LogP contribution is 2.29. The topological polar surface area (TPSA) is 83.6 Å². The first kappa shape index (κ1) is 16.2. The van der Waals surface area contributed by atoms with E-state index in [1.807, 2.05) is 25.3 Å². The Labute approximate surface area is 120 Å². The molecule has 1 aromatic rings. The third kappa shape index (κ3) is 3.56. The molecule has 1 heterocycles. The molecule has 0 aromatic carbocycles. The van der Waals surface area contributed by atoms with Gasteiger partial charge in [0.1, 0.15) is 11.7 Å². The molecule has 6 heteroatoms. The summed E-state index contributed by atoms with van der Waals surface area (Å²) in [5.41, 5.74) is -0.916. The standard InChI is InChI=1S/C14H23N5O/c1-4-7-14(10-15,8-5-2)13(20)16-9-12-18-17-11-19(12)6-3/h11H,4-9H2,1-3H3,(H,16,20). The summed E-state index contributed by atoms with van der Waals surface area (Å²) in [5, 5.41) is 20.1. The van der Waals surface area contributed by atoms with Gasteiger partial charge in [-0.2, -0.15) is 5.26 Å². The van der Waals surface area contributed by atoms with E-state index in [9.17, 15) is 10.1 Å². The Kier molecular flexibility index (Phi) is 6.16. The summed E-state index contributed by atoms with van der Waals surface area (Å²) in [6.45, 7) is 7.03. The second-order valence-corrected chi connectivity index (χ2v) is 4.91. The predicted octanol–water partition coefficient (Wildman–Crippen LogP) is 2.02. The lowest BCUT2D eigenvalue weighted by atomic mass is 9.80. The van der Waals surface area contributed by atoms with E-state index < -0.39 is 5.41 Å². The van der Waals surface area contributed by atoms with Gasteiger partial charge in [0.05, 0.1) is 12.6 Å². The summed E-state index contributed by atoms with van der Waals surface area (Å²) in [5.74, 6) is 0.509. The molecular formula is C14H23N5O. The molecule has 0 aliphatic heterocycles. The van der Waals surface area contributed by atoms with Crippen LogP contribution in [0.5, 0.6) is 0 Å². The molecule has 1 amide bonds. The number of nitrogens with zero attached hydrogens (tertiary/aromatic N) is 4. The highest BCUT2D eigenvalue weighted by Gasteiger charge is 2.36. The Bertz CT molecular complexity index is 468. The van der Waals surface area contributed by atoms with E-state index in [0.29, 0.717) is 25.2 Å². The number of carbonyl (C=O) groups excluding carboxylic acids is 1. The normalized spacial score (nSPS) is 11.1. The van der Waals surface area contributed by atoms with Crippen molar-refractivity contribution in [3.63, 3.8) is 0 Å². The van der Waals surface area contributed by atoms with Gasteiger partial charge in [-0.1, -0.05) is 26.7 Å². The van der Waals surface area contributed by atoms with Crippen molar-refractivity contribution in [2.75, 3.05) is 0 Å². The minimum absolute atomic E-state index is 0.200. The summed E-state index contributed by atoms with van der Waals surface area (Å²) in [6, 6.07) is 2.22. The summed E-state index contributed by atoms with van der Waals surface area (Å²) in [6.07, 6.45) is 4.43. The van der Waals surface area contributed by atoms with Crippen LogP contribution in [0.25, 0.3) is 0 Å². The summed E-state index contributed by atoms with van der Waals surface area (Å²) < 4.78 is 1.87. The molecule has 0 bridgehead atoms. The predicted molar refractivity (Wildman–Crippen MR) is 75.4 cm³/mol. The third-order valence-corrected chi connectivity index (χ3v) is 3.45. The molecule has 1 aromatic heterocycles. The summed E-state index contributed by atoms with van der Waals surface area (Å²) >= 11 is 0. The van der Waals surface area contributed by atoms with Gasteiger partial charge in [0.15, 0.2) is 5.82 Å². The van der Waals surface area contributed by atoms with Crippen LogP contribution >= 0.6 is 0 Å². The van der Waals surface area contributed by atoms with Gasteiger partial charge in [-0.25, -0.2) is 0 Å². The molecule has 0 aliphatic rings. The van der Waals surface area contributed by atoms with Gasteiger partial charge in [0, 0.05) is 6.54 Å². The second-order valence-electron chi connectivity index (χ2n) is 4.91. The van der Waals surface area contributed by atoms with Crippen LogP contribution in [0.4, 0.5) is 0 Å². The van der Waals surface area contributed by atoms with Crippen LogP contribution in [-0.2, 0) is 17.9 Å². The molecule has 1 N–H and O–H groups in total. The van der Waals surface area contributed by atoms with E-state index in [0.717, 1.165) is 19.4 Å². The lowest BCUT2D eigenvalue weighted by Gasteiger charge is -2.24. The van der Waals surface area contributed by atoms with Gasteiger partial charge >= 0.3 is 0 Å². The summed E-state index contributed by atoms with van der Waals surface area (Å²) in [4.78, 5) is 12.4. The molecule has 1 rings (SSSR count). The number of nitriles is 1. The quantitative estimate of drug-likeness (QED) is 0.788. The molecular weight excluding hydrogens is 254 g/mol. The molecule has 0 unspecified atom stereocenters. The van der Waals surface area contributed by atoms with Crippen molar-refractivity contribution < 1.29 is 4.79 Å². The largest absolute Gasteiger partial charge is 0.347 e. The monoisotopic (exact) mass is 277 g/mol. The van der Waals surface area contributed by atoms with Crippen molar-refractivity contribution in [3.8, 4) is 6.07 Å². The average Bonchev–Trinajstić information content (AvgIpc) is 2.91. The Hall–Kier alpha value is -1.90. The van der Waals surface area contributed by atoms with Gasteiger partial charge in [-0.05, 0) is 19.8 Å². The Morgan fingerprint density at radius 3 is 2.55 bits per heavy atom. The van der Waals surface area contributed by atoms with E-state index in [4.69, 9.17) is 0 Å². The van der Waals surface area contributed by atoms with Gasteiger partial charge in [0.25, 0.3) is 0 Å². The highest BCUT2D eigenvalue weighted by molar-refractivity contribution is 5.85. The van der Waals surface area contributed by atoms with Crippen LogP contribution in [0.3, 0.4) is 0 Å². The van der Waals surface area contributed by atoms with E-state index in [1.54, 1.807) is 6.33 Å². The van der Waals surface area contributed by atoms with Crippen molar-refractivity contribution in [1.29, 1.82) is 5.26 Å². The van der Waals surface area contributed by atoms with Crippen molar-refractivity contribution >= 4 is 5.91 Å². The van der Waals surface area contributed by atoms with E-state index in [1.165, 1.54) is 0 Å². The lowest BCUT2D eigenvalue weighted by molar-refractivity contribution is -0.129. The lowest BCUT2D eigenvalue weighted by Crippen LogP contribution is -2.40. The molecule has 0 atom stereocenters. The first-order valence-electron chi connectivity index (χ1n) is 7.19. The van der Waals surface area contributed by atoms with Crippen LogP contribution in [0.2, 0.25) is 0 Å². The first-order chi connectivity index (χ1) is 9.63. The Morgan fingerprint density at radius 1 is 1.40 bits per heavy atom. The number of nitrogens with one attached hydrogen (secondary N) is 1. The van der Waals surface area contributed by atoms with E-state index in [-0.39, 0.29) is 5.91 Å². The molecule has 110 valence electrons. The Morgan fingerprint density at radius 2 is 2.05 bits per heavy atom. The number of hydrogen-bond donors (Lipinski definition) is 1. The van der Waals surface area contributed by atoms with Crippen LogP contribution in [0.1, 0.15) is 52.3 Å². The highest BCUT2D eigenvalue weighted by atomic mass is 16.2. The number of hydrogen-bond acceptors (Lipinski definition) is 4. The van der Waals surface area contributed by atoms with Crippen LogP contribution in [-0.4, -0.2) is 20.7 Å². The van der Waals surface area contributed by atoms with Crippen molar-refractivity contribution in [2.24, 2.45) is 5.41 Å². The number of aromatic nitrogens is 3. The van der Waals surface area contributed by atoms with Gasteiger partial charge in [0.2, 0.25) is 5.91 Å². The zero-order valence-electron chi connectivity index (χ0n) is 12.5. The van der Waals surface area contributed by atoms with E-state index in [2.05, 4.69) is 21.6 Å². The van der Waals surface area contributed by atoms with E-state index >= 15 is 0 Å². The average molecular weight is 277 g/mol. The molecule has 0 radical (unpaired) electrons. The minimum Gasteiger partial charge on any atom is -0.347 e. The number of rotatable bonds is 8. The molecule has 0 spiro atoms. The Balaban J connectivity index is 2.74. The maximum Gasteiger partial charge on any atom is 0.240 e. The van der Waals surface area contributed by atoms with Gasteiger partial charge in [-0.3, -0.25) is 4.79 Å². The van der Waals surface area contributed by atoms with Crippen molar-refractivity contribution in [2.45, 2.75) is 59.5 Å². The molecule has 0 saturated heterocycles. The number of amides is 1. The SMILES string of the molecule is CCCC(C#N)(CCC)C(=O)NCc1nncn1CC. The summed E-state index contributed by atoms with van der Waals surface area (Å²) in [7, 11) is 0. The first-order valence-corrected chi connectivity index (χ1v) is 7.19. The van der Waals surface area contributed by atoms with Crippen LogP contribution < -0.4 is 5.32 Å².